The lowest BCUT2D eigenvalue weighted by atomic mass is 9.72. The third-order valence-corrected chi connectivity index (χ3v) is 4.36. The molecule has 1 saturated heterocycles. The average molecular weight is 251 g/mol. The molecular formula is C12H23B2NO3. The summed E-state index contributed by atoms with van der Waals surface area (Å²) in [7, 11) is -0.618. The van der Waals surface area contributed by atoms with Crippen molar-refractivity contribution in [3.8, 4) is 0 Å². The quantitative estimate of drug-likeness (QED) is 0.752. The second-order valence-electron chi connectivity index (χ2n) is 6.24. The molecular weight excluding hydrogens is 228 g/mol. The molecule has 2 rings (SSSR count). The molecule has 1 N–H and O–H groups in total. The molecule has 0 aromatic rings. The van der Waals surface area contributed by atoms with Gasteiger partial charge in [0, 0.05) is 6.54 Å². The molecule has 18 heavy (non-hydrogen) atoms. The molecule has 0 amide bonds. The van der Waals surface area contributed by atoms with Crippen LogP contribution in [0.2, 0.25) is 6.82 Å². The molecule has 0 aromatic carbocycles. The molecule has 6 heteroatoms. The highest BCUT2D eigenvalue weighted by atomic mass is 16.7. The first-order chi connectivity index (χ1) is 8.23. The summed E-state index contributed by atoms with van der Waals surface area (Å²) in [5, 5.41) is 9.53. The van der Waals surface area contributed by atoms with Crippen LogP contribution in [0.3, 0.4) is 0 Å². The lowest BCUT2D eigenvalue weighted by Gasteiger charge is -2.32. The molecule has 4 nitrogen and oxygen atoms in total. The lowest BCUT2D eigenvalue weighted by molar-refractivity contribution is 0.00578. The highest BCUT2D eigenvalue weighted by Gasteiger charge is 2.52. The van der Waals surface area contributed by atoms with E-state index < -0.39 is 0 Å². The van der Waals surface area contributed by atoms with Crippen molar-refractivity contribution in [1.29, 1.82) is 0 Å². The minimum atomic E-state index is -0.388. The Morgan fingerprint density at radius 3 is 2.22 bits per heavy atom. The van der Waals surface area contributed by atoms with Crippen LogP contribution in [0.4, 0.5) is 0 Å². The number of nitrogens with zero attached hydrogens (tertiary/aromatic N) is 1. The van der Waals surface area contributed by atoms with Gasteiger partial charge in [-0.05, 0) is 53.0 Å². The van der Waals surface area contributed by atoms with Crippen LogP contribution in [0, 0.1) is 0 Å². The standard InChI is InChI=1S/C12H23B2NO3/c1-11(2)12(3,4)18-14(17-11)10-6-8-15(9-7-10)13(5)16/h6,16H,7-9H2,1-5H3. The molecule has 0 saturated carbocycles. The molecule has 2 aliphatic rings. The molecule has 2 aliphatic heterocycles. The van der Waals surface area contributed by atoms with Gasteiger partial charge < -0.3 is 19.1 Å². The Hall–Kier alpha value is -0.290. The predicted molar refractivity (Wildman–Crippen MR) is 74.2 cm³/mol. The van der Waals surface area contributed by atoms with Gasteiger partial charge in [-0.2, -0.15) is 0 Å². The summed E-state index contributed by atoms with van der Waals surface area (Å²) in [5.41, 5.74) is 0.644. The smallest absolute Gasteiger partial charge is 0.437 e. The van der Waals surface area contributed by atoms with Gasteiger partial charge in [-0.3, -0.25) is 0 Å². The Morgan fingerprint density at radius 1 is 1.28 bits per heavy atom. The van der Waals surface area contributed by atoms with Crippen LogP contribution in [0.15, 0.2) is 11.5 Å². The van der Waals surface area contributed by atoms with E-state index in [1.807, 2.05) is 4.81 Å². The van der Waals surface area contributed by atoms with Gasteiger partial charge in [-0.15, -0.1) is 0 Å². The minimum Gasteiger partial charge on any atom is -0.437 e. The van der Waals surface area contributed by atoms with Crippen molar-refractivity contribution in [2.45, 2.75) is 52.1 Å². The Kier molecular flexibility index (Phi) is 3.67. The molecule has 0 aromatic heterocycles. The Morgan fingerprint density at radius 2 is 1.83 bits per heavy atom. The predicted octanol–water partition coefficient (Wildman–Crippen LogP) is 1.36. The third-order valence-electron chi connectivity index (χ3n) is 4.36. The van der Waals surface area contributed by atoms with Crippen LogP contribution in [0.5, 0.6) is 0 Å². The maximum Gasteiger partial charge on any atom is 0.490 e. The SMILES string of the molecule is CB(O)N1CC=C(B2OC(C)(C)C(C)(C)O2)CC1. The minimum absolute atomic E-state index is 0.230. The maximum atomic E-state index is 9.53. The summed E-state index contributed by atoms with van der Waals surface area (Å²) >= 11 is 0. The van der Waals surface area contributed by atoms with Gasteiger partial charge in [0.15, 0.2) is 0 Å². The number of hydrogen-bond donors (Lipinski definition) is 1. The van der Waals surface area contributed by atoms with Crippen molar-refractivity contribution in [2.75, 3.05) is 13.1 Å². The van der Waals surface area contributed by atoms with Crippen LogP contribution in [-0.4, -0.2) is 48.3 Å². The first kappa shape index (κ1) is 14.1. The van der Waals surface area contributed by atoms with Crippen molar-refractivity contribution < 1.29 is 14.3 Å². The van der Waals surface area contributed by atoms with E-state index in [9.17, 15) is 5.02 Å². The van der Waals surface area contributed by atoms with E-state index in [0.29, 0.717) is 0 Å². The normalized spacial score (nSPS) is 27.2. The van der Waals surface area contributed by atoms with E-state index in [2.05, 4.69) is 33.8 Å². The molecule has 0 aliphatic carbocycles. The summed E-state index contributed by atoms with van der Waals surface area (Å²) < 4.78 is 12.1. The fourth-order valence-electron chi connectivity index (χ4n) is 2.25. The monoisotopic (exact) mass is 251 g/mol. The van der Waals surface area contributed by atoms with Crippen LogP contribution in [0.1, 0.15) is 34.1 Å². The summed E-state index contributed by atoms with van der Waals surface area (Å²) in [6.45, 7) is 11.7. The second kappa shape index (κ2) is 4.67. The number of rotatable bonds is 2. The van der Waals surface area contributed by atoms with E-state index in [0.717, 1.165) is 19.5 Å². The molecule has 2 heterocycles. The summed E-state index contributed by atoms with van der Waals surface area (Å²) in [4.78, 5) is 2.02. The zero-order valence-electron chi connectivity index (χ0n) is 12.1. The first-order valence-electron chi connectivity index (χ1n) is 6.70. The Labute approximate surface area is 111 Å². The first-order valence-corrected chi connectivity index (χ1v) is 6.70. The van der Waals surface area contributed by atoms with E-state index in [4.69, 9.17) is 9.31 Å². The molecule has 0 spiro atoms. The zero-order valence-corrected chi connectivity index (χ0v) is 12.1. The second-order valence-corrected chi connectivity index (χ2v) is 6.24. The van der Waals surface area contributed by atoms with E-state index in [1.54, 1.807) is 6.82 Å². The van der Waals surface area contributed by atoms with Gasteiger partial charge in [-0.25, -0.2) is 0 Å². The van der Waals surface area contributed by atoms with E-state index in [1.165, 1.54) is 5.47 Å². The van der Waals surface area contributed by atoms with Crippen molar-refractivity contribution in [3.05, 3.63) is 11.5 Å². The molecule has 100 valence electrons. The lowest BCUT2D eigenvalue weighted by Crippen LogP contribution is -2.41. The van der Waals surface area contributed by atoms with Crippen LogP contribution < -0.4 is 0 Å². The Bertz CT molecular complexity index is 339. The maximum absolute atomic E-state index is 9.53. The summed E-state index contributed by atoms with van der Waals surface area (Å²) in [5.74, 6) is 0. The van der Waals surface area contributed by atoms with E-state index >= 15 is 0 Å². The molecule has 1 fully saturated rings. The van der Waals surface area contributed by atoms with Crippen molar-refractivity contribution in [1.82, 2.24) is 4.81 Å². The summed E-state index contributed by atoms with van der Waals surface area (Å²) in [6.07, 6.45) is 3.01. The van der Waals surface area contributed by atoms with Crippen LogP contribution >= 0.6 is 0 Å². The average Bonchev–Trinajstić information content (AvgIpc) is 2.48. The van der Waals surface area contributed by atoms with Gasteiger partial charge >= 0.3 is 14.2 Å². The topological polar surface area (TPSA) is 41.9 Å². The van der Waals surface area contributed by atoms with Gasteiger partial charge in [0.25, 0.3) is 0 Å². The Balaban J connectivity index is 2.04. The van der Waals surface area contributed by atoms with Crippen LogP contribution in [-0.2, 0) is 9.31 Å². The van der Waals surface area contributed by atoms with Gasteiger partial charge in [0.2, 0.25) is 0 Å². The van der Waals surface area contributed by atoms with Crippen molar-refractivity contribution >= 4 is 14.2 Å². The zero-order chi connectivity index (χ0) is 13.6. The fourth-order valence-corrected chi connectivity index (χ4v) is 2.25. The largest absolute Gasteiger partial charge is 0.490 e. The molecule has 0 bridgehead atoms. The van der Waals surface area contributed by atoms with Crippen molar-refractivity contribution in [2.24, 2.45) is 0 Å². The highest BCUT2D eigenvalue weighted by molar-refractivity contribution is 6.54. The van der Waals surface area contributed by atoms with E-state index in [-0.39, 0.29) is 25.4 Å². The number of hydrogen-bond acceptors (Lipinski definition) is 4. The fraction of sp³-hybridized carbons (Fsp3) is 0.833. The van der Waals surface area contributed by atoms with Gasteiger partial charge in [-0.1, -0.05) is 6.08 Å². The molecule has 0 unspecified atom stereocenters. The third kappa shape index (κ3) is 2.52. The van der Waals surface area contributed by atoms with Crippen LogP contribution in [0.25, 0.3) is 0 Å². The molecule has 0 atom stereocenters. The van der Waals surface area contributed by atoms with Gasteiger partial charge in [0.1, 0.15) is 0 Å². The molecule has 0 radical (unpaired) electrons. The summed E-state index contributed by atoms with van der Waals surface area (Å²) in [6, 6.07) is 0. The van der Waals surface area contributed by atoms with Crippen molar-refractivity contribution in [3.63, 3.8) is 0 Å². The van der Waals surface area contributed by atoms with Gasteiger partial charge in [0.05, 0.1) is 11.2 Å². The highest BCUT2D eigenvalue weighted by Crippen LogP contribution is 2.39.